The number of aliphatic imine (C=N–C) groups is 1. The average Bonchev–Trinajstić information content (AvgIpc) is 3.05. The fraction of sp³-hybridized carbons (Fsp3) is 0.643. The molecule has 2 rings (SSSR count). The van der Waals surface area contributed by atoms with Gasteiger partial charge in [-0.1, -0.05) is 6.92 Å². The van der Waals surface area contributed by atoms with Crippen LogP contribution in [0.4, 0.5) is 0 Å². The van der Waals surface area contributed by atoms with Crippen LogP contribution in [0.1, 0.15) is 24.6 Å². The van der Waals surface area contributed by atoms with E-state index >= 15 is 0 Å². The summed E-state index contributed by atoms with van der Waals surface area (Å²) in [5.41, 5.74) is 5.92. The molecule has 1 aromatic rings. The topological polar surface area (TPSA) is 53.6 Å². The second-order valence-corrected chi connectivity index (χ2v) is 7.58. The van der Waals surface area contributed by atoms with E-state index in [0.29, 0.717) is 12.0 Å². The van der Waals surface area contributed by atoms with Crippen molar-refractivity contribution in [2.24, 2.45) is 10.7 Å². The lowest BCUT2D eigenvalue weighted by Crippen LogP contribution is -2.36. The Labute approximate surface area is 156 Å². The van der Waals surface area contributed by atoms with E-state index < -0.39 is 0 Å². The molecule has 0 aromatic carbocycles. The molecule has 1 atom stereocenters. The van der Waals surface area contributed by atoms with Crippen molar-refractivity contribution in [2.45, 2.75) is 32.2 Å². The summed E-state index contributed by atoms with van der Waals surface area (Å²) < 4.78 is 1.18. The number of nitrogens with two attached hydrogens (primary N) is 1. The monoisotopic (exact) mass is 486 g/mol. The summed E-state index contributed by atoms with van der Waals surface area (Å²) in [7, 11) is 0. The molecule has 120 valence electrons. The molecule has 7 heteroatoms. The zero-order valence-corrected chi connectivity index (χ0v) is 17.1. The van der Waals surface area contributed by atoms with Gasteiger partial charge in [0.1, 0.15) is 0 Å². The highest BCUT2D eigenvalue weighted by molar-refractivity contribution is 14.0. The molecule has 0 saturated carbocycles. The predicted molar refractivity (Wildman–Crippen MR) is 106 cm³/mol. The molecule has 0 bridgehead atoms. The first-order valence-corrected chi connectivity index (χ1v) is 8.82. The third-order valence-electron chi connectivity index (χ3n) is 3.68. The molecule has 0 radical (unpaired) electrons. The zero-order chi connectivity index (χ0) is 14.4. The number of likely N-dealkylation sites (tertiary alicyclic amines) is 1. The van der Waals surface area contributed by atoms with E-state index in [2.05, 4.69) is 50.2 Å². The second-order valence-electron chi connectivity index (χ2n) is 5.03. The van der Waals surface area contributed by atoms with Crippen molar-refractivity contribution in [3.8, 4) is 0 Å². The van der Waals surface area contributed by atoms with Crippen molar-refractivity contribution in [1.29, 1.82) is 0 Å². The minimum atomic E-state index is 0. The first-order chi connectivity index (χ1) is 9.69. The maximum absolute atomic E-state index is 5.92. The Morgan fingerprint density at radius 3 is 3.05 bits per heavy atom. The maximum atomic E-state index is 5.92. The van der Waals surface area contributed by atoms with E-state index in [-0.39, 0.29) is 24.0 Å². The van der Waals surface area contributed by atoms with Crippen LogP contribution in [0.25, 0.3) is 0 Å². The molecule has 4 nitrogen and oxygen atoms in total. The van der Waals surface area contributed by atoms with Crippen molar-refractivity contribution >= 4 is 57.2 Å². The first kappa shape index (κ1) is 19.2. The normalized spacial score (nSPS) is 19.5. The zero-order valence-electron chi connectivity index (χ0n) is 12.3. The molecule has 1 aliphatic rings. The van der Waals surface area contributed by atoms with Crippen molar-refractivity contribution < 1.29 is 0 Å². The molecule has 2 heterocycles. The summed E-state index contributed by atoms with van der Waals surface area (Å²) in [5, 5.41) is 3.20. The molecular weight excluding hydrogens is 463 g/mol. The van der Waals surface area contributed by atoms with Gasteiger partial charge in [-0.25, -0.2) is 0 Å². The predicted octanol–water partition coefficient (Wildman–Crippen LogP) is 3.06. The van der Waals surface area contributed by atoms with Crippen LogP contribution in [-0.2, 0) is 6.42 Å². The number of nitrogens with zero attached hydrogens (tertiary/aromatic N) is 2. The molecule has 21 heavy (non-hydrogen) atoms. The number of hydrogen-bond donors (Lipinski definition) is 2. The van der Waals surface area contributed by atoms with Gasteiger partial charge in [0.25, 0.3) is 0 Å². The Morgan fingerprint density at radius 2 is 2.38 bits per heavy atom. The number of likely N-dealkylation sites (N-methyl/N-ethyl adjacent to an activating group) is 1. The largest absolute Gasteiger partial charge is 0.370 e. The Hall–Kier alpha value is 0.140. The van der Waals surface area contributed by atoms with Crippen LogP contribution in [0.2, 0.25) is 0 Å². The smallest absolute Gasteiger partial charge is 0.188 e. The number of thiophene rings is 1. The molecule has 1 fully saturated rings. The highest BCUT2D eigenvalue weighted by Gasteiger charge is 2.22. The molecule has 0 amide bonds. The molecular formula is C14H24BrIN4S. The maximum Gasteiger partial charge on any atom is 0.188 e. The minimum absolute atomic E-state index is 0. The van der Waals surface area contributed by atoms with E-state index in [4.69, 9.17) is 5.73 Å². The molecule has 1 unspecified atom stereocenters. The number of nitrogens with one attached hydrogen (secondary N) is 1. The van der Waals surface area contributed by atoms with Gasteiger partial charge in [-0.05, 0) is 60.4 Å². The van der Waals surface area contributed by atoms with Crippen LogP contribution in [0, 0.1) is 0 Å². The Bertz CT molecular complexity index is 452. The van der Waals surface area contributed by atoms with Gasteiger partial charge in [0.05, 0.1) is 10.3 Å². The standard InChI is InChI=1S/C14H23BrN4S.HI/c1-2-19-9-3-4-11(19)10-18-14(16)17-8-7-12-5-6-13(15)20-12;/h5-6,11H,2-4,7-10H2,1H3,(H3,16,17,18);1H. The van der Waals surface area contributed by atoms with Crippen molar-refractivity contribution in [3.05, 3.63) is 20.8 Å². The van der Waals surface area contributed by atoms with E-state index in [1.54, 1.807) is 11.3 Å². The van der Waals surface area contributed by atoms with Crippen molar-refractivity contribution in [2.75, 3.05) is 26.2 Å². The number of hydrogen-bond acceptors (Lipinski definition) is 3. The fourth-order valence-electron chi connectivity index (χ4n) is 2.58. The number of guanidine groups is 1. The lowest BCUT2D eigenvalue weighted by molar-refractivity contribution is 0.273. The summed E-state index contributed by atoms with van der Waals surface area (Å²) in [4.78, 5) is 8.31. The van der Waals surface area contributed by atoms with Crippen LogP contribution in [0.15, 0.2) is 20.9 Å². The molecule has 1 aromatic heterocycles. The van der Waals surface area contributed by atoms with Gasteiger partial charge < -0.3 is 11.1 Å². The van der Waals surface area contributed by atoms with Crippen LogP contribution in [0.5, 0.6) is 0 Å². The summed E-state index contributed by atoms with van der Waals surface area (Å²) in [5.74, 6) is 0.573. The SMILES string of the molecule is CCN1CCCC1CN=C(N)NCCc1ccc(Br)s1.I. The Balaban J connectivity index is 0.00000220. The van der Waals surface area contributed by atoms with Gasteiger partial charge in [0, 0.05) is 17.5 Å². The van der Waals surface area contributed by atoms with Gasteiger partial charge in [0.2, 0.25) is 0 Å². The van der Waals surface area contributed by atoms with Gasteiger partial charge in [0.15, 0.2) is 5.96 Å². The van der Waals surface area contributed by atoms with Gasteiger partial charge in [-0.15, -0.1) is 35.3 Å². The fourth-order valence-corrected chi connectivity index (χ4v) is 4.06. The molecule has 1 saturated heterocycles. The van der Waals surface area contributed by atoms with Crippen LogP contribution < -0.4 is 11.1 Å². The summed E-state index contributed by atoms with van der Waals surface area (Å²) in [6, 6.07) is 4.80. The van der Waals surface area contributed by atoms with E-state index in [0.717, 1.165) is 26.1 Å². The van der Waals surface area contributed by atoms with E-state index in [9.17, 15) is 0 Å². The van der Waals surface area contributed by atoms with Crippen LogP contribution in [0.3, 0.4) is 0 Å². The molecule has 3 N–H and O–H groups in total. The lowest BCUT2D eigenvalue weighted by Gasteiger charge is -2.20. The Morgan fingerprint density at radius 1 is 1.57 bits per heavy atom. The number of rotatable bonds is 6. The summed E-state index contributed by atoms with van der Waals surface area (Å²) in [6.07, 6.45) is 3.51. The quantitative estimate of drug-likeness (QED) is 0.369. The average molecular weight is 487 g/mol. The molecule has 0 aliphatic carbocycles. The van der Waals surface area contributed by atoms with E-state index in [1.165, 1.54) is 28.0 Å². The van der Waals surface area contributed by atoms with Crippen LogP contribution in [-0.4, -0.2) is 43.1 Å². The summed E-state index contributed by atoms with van der Waals surface area (Å²) >= 11 is 5.24. The lowest BCUT2D eigenvalue weighted by atomic mass is 10.2. The Kier molecular flexibility index (Phi) is 9.15. The van der Waals surface area contributed by atoms with E-state index in [1.807, 2.05) is 0 Å². The van der Waals surface area contributed by atoms with Crippen molar-refractivity contribution in [1.82, 2.24) is 10.2 Å². The van der Waals surface area contributed by atoms with Gasteiger partial charge in [-0.3, -0.25) is 9.89 Å². The highest BCUT2D eigenvalue weighted by atomic mass is 127. The van der Waals surface area contributed by atoms with Crippen LogP contribution >= 0.6 is 51.2 Å². The highest BCUT2D eigenvalue weighted by Crippen LogP contribution is 2.22. The number of halogens is 2. The molecule has 0 spiro atoms. The van der Waals surface area contributed by atoms with Gasteiger partial charge in [-0.2, -0.15) is 0 Å². The first-order valence-electron chi connectivity index (χ1n) is 7.21. The van der Waals surface area contributed by atoms with Gasteiger partial charge >= 0.3 is 0 Å². The van der Waals surface area contributed by atoms with Crippen molar-refractivity contribution in [3.63, 3.8) is 0 Å². The summed E-state index contributed by atoms with van der Waals surface area (Å²) in [6.45, 7) is 6.18. The third kappa shape index (κ3) is 6.42. The molecule has 1 aliphatic heterocycles. The minimum Gasteiger partial charge on any atom is -0.370 e. The second kappa shape index (κ2) is 10.0. The third-order valence-corrected chi connectivity index (χ3v) is 5.37.